The molecule has 2 fully saturated rings. The van der Waals surface area contributed by atoms with Crippen LogP contribution in [0.5, 0.6) is 0 Å². The van der Waals surface area contributed by atoms with Crippen molar-refractivity contribution in [1.29, 1.82) is 0 Å². The van der Waals surface area contributed by atoms with E-state index in [1.807, 2.05) is 0 Å². The Morgan fingerprint density at radius 1 is 1.03 bits per heavy atom. The van der Waals surface area contributed by atoms with Crippen molar-refractivity contribution < 1.29 is 4.79 Å². The molecule has 1 amide bonds. The molecule has 2 heterocycles. The highest BCUT2D eigenvalue weighted by Crippen LogP contribution is 2.32. The van der Waals surface area contributed by atoms with Crippen LogP contribution in [0.2, 0.25) is 0 Å². The van der Waals surface area contributed by atoms with Crippen molar-refractivity contribution in [2.45, 2.75) is 111 Å². The Balaban J connectivity index is 0.00000107. The largest absolute Gasteiger partial charge is 0.344 e. The molecule has 0 aromatic heterocycles. The molecule has 38 heavy (non-hydrogen) atoms. The fourth-order valence-electron chi connectivity index (χ4n) is 6.05. The predicted octanol–water partition coefficient (Wildman–Crippen LogP) is 7.07. The van der Waals surface area contributed by atoms with Gasteiger partial charge in [0.2, 0.25) is 0 Å². The molecule has 2 aromatic rings. The first-order chi connectivity index (χ1) is 18.5. The number of carbonyl (C=O) groups is 1. The van der Waals surface area contributed by atoms with Crippen LogP contribution in [0.1, 0.15) is 105 Å². The van der Waals surface area contributed by atoms with Crippen LogP contribution < -0.4 is 10.6 Å². The highest BCUT2D eigenvalue weighted by atomic mass is 16.2. The van der Waals surface area contributed by atoms with Crippen molar-refractivity contribution in [2.24, 2.45) is 4.99 Å². The Morgan fingerprint density at radius 3 is 2.47 bits per heavy atom. The standard InChI is InChI=1S/C30H40N4O.C3H8/c1-3-23-16-24(30(35)34(26-12-4-5-13-26)20-25-11-6-7-14-31-25)17-28-27(23)18-29(33-28)32-19-22-10-8-9-21(2)15-22;1-3-2/h8-10,15-17,25-26,31H,3-7,11-14,18-20H2,1-2H3,(H,32,33);3H2,1-2H3. The molecular formula is C33H48N4O. The first kappa shape index (κ1) is 28.4. The van der Waals surface area contributed by atoms with Gasteiger partial charge < -0.3 is 15.5 Å². The van der Waals surface area contributed by atoms with Gasteiger partial charge in [-0.2, -0.15) is 0 Å². The highest BCUT2D eigenvalue weighted by molar-refractivity contribution is 6.05. The van der Waals surface area contributed by atoms with Gasteiger partial charge >= 0.3 is 0 Å². The molecule has 5 rings (SSSR count). The lowest BCUT2D eigenvalue weighted by atomic mass is 9.97. The number of rotatable bonds is 7. The SMILES string of the molecule is CCC.CCc1cc(C(=O)N(CC2CCCCN2)C2CCCC2)cc2c1CC(=NCc1cccc(C)c1)N2. The molecule has 1 unspecified atom stereocenters. The molecule has 1 saturated heterocycles. The fourth-order valence-corrected chi connectivity index (χ4v) is 6.05. The van der Waals surface area contributed by atoms with Crippen LogP contribution in [-0.4, -0.2) is 41.8 Å². The summed E-state index contributed by atoms with van der Waals surface area (Å²) >= 11 is 0. The van der Waals surface area contributed by atoms with E-state index in [9.17, 15) is 4.79 Å². The number of hydrogen-bond acceptors (Lipinski definition) is 3. The van der Waals surface area contributed by atoms with E-state index in [0.717, 1.165) is 55.9 Å². The predicted molar refractivity (Wildman–Crippen MR) is 160 cm³/mol. The van der Waals surface area contributed by atoms with Crippen molar-refractivity contribution in [2.75, 3.05) is 18.4 Å². The minimum atomic E-state index is 0.203. The van der Waals surface area contributed by atoms with Gasteiger partial charge in [-0.25, -0.2) is 0 Å². The summed E-state index contributed by atoms with van der Waals surface area (Å²) in [6.45, 7) is 11.1. The zero-order valence-corrected chi connectivity index (χ0v) is 24.1. The first-order valence-electron chi connectivity index (χ1n) is 15.1. The summed E-state index contributed by atoms with van der Waals surface area (Å²) in [6.07, 6.45) is 11.4. The molecule has 3 aliphatic rings. The van der Waals surface area contributed by atoms with Crippen molar-refractivity contribution in [3.8, 4) is 0 Å². The lowest BCUT2D eigenvalue weighted by molar-refractivity contribution is 0.0650. The molecule has 2 N–H and O–H groups in total. The second kappa shape index (κ2) is 13.9. The van der Waals surface area contributed by atoms with Gasteiger partial charge in [-0.05, 0) is 74.4 Å². The van der Waals surface area contributed by atoms with Crippen molar-refractivity contribution >= 4 is 17.4 Å². The molecule has 2 aliphatic heterocycles. The summed E-state index contributed by atoms with van der Waals surface area (Å²) in [4.78, 5) is 21.0. The lowest BCUT2D eigenvalue weighted by Gasteiger charge is -2.35. The van der Waals surface area contributed by atoms with Crippen LogP contribution in [0.25, 0.3) is 0 Å². The normalized spacial score (nSPS) is 20.0. The van der Waals surface area contributed by atoms with E-state index >= 15 is 0 Å². The summed E-state index contributed by atoms with van der Waals surface area (Å²) < 4.78 is 0. The number of benzene rings is 2. The van der Waals surface area contributed by atoms with Gasteiger partial charge in [-0.3, -0.25) is 9.79 Å². The van der Waals surface area contributed by atoms with Crippen LogP contribution in [0, 0.1) is 6.92 Å². The first-order valence-corrected chi connectivity index (χ1v) is 15.1. The number of aryl methyl sites for hydroxylation is 2. The number of fused-ring (bicyclic) bond motifs is 1. The third-order valence-electron chi connectivity index (χ3n) is 7.98. The maximum Gasteiger partial charge on any atom is 0.254 e. The second-order valence-electron chi connectivity index (χ2n) is 11.3. The van der Waals surface area contributed by atoms with Crippen LogP contribution in [0.3, 0.4) is 0 Å². The Morgan fingerprint density at radius 2 is 1.79 bits per heavy atom. The summed E-state index contributed by atoms with van der Waals surface area (Å²) in [5.74, 6) is 1.20. The third-order valence-corrected chi connectivity index (χ3v) is 7.98. The van der Waals surface area contributed by atoms with Gasteiger partial charge in [0.25, 0.3) is 5.91 Å². The van der Waals surface area contributed by atoms with Crippen LogP contribution >= 0.6 is 0 Å². The number of hydrogen-bond donors (Lipinski definition) is 2. The molecule has 0 bridgehead atoms. The van der Waals surface area contributed by atoms with Gasteiger partial charge in [-0.1, -0.05) is 76.3 Å². The van der Waals surface area contributed by atoms with Crippen LogP contribution in [0.15, 0.2) is 41.4 Å². The Bertz CT molecular complexity index is 1100. The minimum Gasteiger partial charge on any atom is -0.344 e. The summed E-state index contributed by atoms with van der Waals surface area (Å²) in [5, 5.41) is 7.20. The van der Waals surface area contributed by atoms with Crippen LogP contribution in [0.4, 0.5) is 5.69 Å². The molecule has 0 spiro atoms. The molecule has 5 heteroatoms. The van der Waals surface area contributed by atoms with Gasteiger partial charge in [0, 0.05) is 36.3 Å². The molecular weight excluding hydrogens is 468 g/mol. The zero-order valence-electron chi connectivity index (χ0n) is 24.1. The maximum absolute atomic E-state index is 13.9. The van der Waals surface area contributed by atoms with E-state index in [0.29, 0.717) is 18.6 Å². The Hall–Kier alpha value is -2.66. The third kappa shape index (κ3) is 7.25. The van der Waals surface area contributed by atoms with E-state index in [4.69, 9.17) is 4.99 Å². The Labute approximate surface area is 230 Å². The molecule has 1 aliphatic carbocycles. The number of carbonyl (C=O) groups excluding carboxylic acids is 1. The number of nitrogens with zero attached hydrogens (tertiary/aromatic N) is 2. The second-order valence-corrected chi connectivity index (χ2v) is 11.3. The fraction of sp³-hybridized carbons (Fsp3) is 0.576. The number of amides is 1. The molecule has 0 radical (unpaired) electrons. The molecule has 5 nitrogen and oxygen atoms in total. The Kier molecular flexibility index (Phi) is 10.4. The number of anilines is 1. The van der Waals surface area contributed by atoms with Crippen molar-refractivity contribution in [3.63, 3.8) is 0 Å². The number of aliphatic imine (C=N–C) groups is 1. The minimum absolute atomic E-state index is 0.203. The van der Waals surface area contributed by atoms with E-state index in [-0.39, 0.29) is 5.91 Å². The number of amidine groups is 1. The van der Waals surface area contributed by atoms with Gasteiger partial charge in [0.15, 0.2) is 0 Å². The quantitative estimate of drug-likeness (QED) is 0.414. The van der Waals surface area contributed by atoms with Crippen molar-refractivity contribution in [1.82, 2.24) is 10.2 Å². The zero-order chi connectivity index (χ0) is 26.9. The number of piperidine rings is 1. The van der Waals surface area contributed by atoms with E-state index in [2.05, 4.69) is 79.6 Å². The summed E-state index contributed by atoms with van der Waals surface area (Å²) in [7, 11) is 0. The van der Waals surface area contributed by atoms with Gasteiger partial charge in [-0.15, -0.1) is 0 Å². The summed E-state index contributed by atoms with van der Waals surface area (Å²) in [6, 6.07) is 13.6. The van der Waals surface area contributed by atoms with Crippen molar-refractivity contribution in [3.05, 3.63) is 64.2 Å². The van der Waals surface area contributed by atoms with E-state index in [1.54, 1.807) is 0 Å². The van der Waals surface area contributed by atoms with Gasteiger partial charge in [0.05, 0.1) is 6.54 Å². The van der Waals surface area contributed by atoms with E-state index < -0.39 is 0 Å². The monoisotopic (exact) mass is 516 g/mol. The van der Waals surface area contributed by atoms with E-state index in [1.165, 1.54) is 60.8 Å². The topological polar surface area (TPSA) is 56.7 Å². The lowest BCUT2D eigenvalue weighted by Crippen LogP contribution is -2.49. The number of nitrogens with one attached hydrogen (secondary N) is 2. The average Bonchev–Trinajstić information content (AvgIpc) is 3.61. The smallest absolute Gasteiger partial charge is 0.254 e. The molecule has 2 aromatic carbocycles. The average molecular weight is 517 g/mol. The molecule has 1 atom stereocenters. The molecule has 1 saturated carbocycles. The maximum atomic E-state index is 13.9. The summed E-state index contributed by atoms with van der Waals surface area (Å²) in [5.41, 5.74) is 6.95. The van der Waals surface area contributed by atoms with Gasteiger partial charge in [0.1, 0.15) is 5.84 Å². The highest BCUT2D eigenvalue weighted by Gasteiger charge is 2.31. The molecule has 206 valence electrons. The van der Waals surface area contributed by atoms with Crippen LogP contribution in [-0.2, 0) is 19.4 Å².